The molecule has 0 bridgehead atoms. The maximum Gasteiger partial charge on any atom is 0.0519 e. The normalized spacial score (nSPS) is 17.3. The van der Waals surface area contributed by atoms with Gasteiger partial charge in [0.1, 0.15) is 0 Å². The molecule has 0 aromatic heterocycles. The van der Waals surface area contributed by atoms with E-state index in [-0.39, 0.29) is 0 Å². The quantitative estimate of drug-likeness (QED) is 0.804. The third-order valence-electron chi connectivity index (χ3n) is 3.84. The number of anilines is 2. The van der Waals surface area contributed by atoms with Crippen LogP contribution in [0.5, 0.6) is 0 Å². The Bertz CT molecular complexity index is 622. The highest BCUT2D eigenvalue weighted by Gasteiger charge is 2.22. The summed E-state index contributed by atoms with van der Waals surface area (Å²) < 4.78 is 1.15. The van der Waals surface area contributed by atoms with E-state index in [4.69, 9.17) is 5.73 Å². The average molecular weight is 317 g/mol. The van der Waals surface area contributed by atoms with E-state index in [9.17, 15) is 0 Å². The first-order chi connectivity index (χ1) is 9.15. The topological polar surface area (TPSA) is 38.0 Å². The molecule has 0 aliphatic heterocycles. The van der Waals surface area contributed by atoms with Gasteiger partial charge in [0.15, 0.2) is 0 Å². The molecule has 1 unspecified atom stereocenters. The minimum atomic E-state index is 0.392. The third kappa shape index (κ3) is 2.35. The molecule has 0 heterocycles. The molecule has 1 aliphatic carbocycles. The monoisotopic (exact) mass is 316 g/mol. The lowest BCUT2D eigenvalue weighted by Crippen LogP contribution is -2.08. The molecule has 0 spiro atoms. The van der Waals surface area contributed by atoms with E-state index >= 15 is 0 Å². The zero-order chi connectivity index (χ0) is 13.4. The van der Waals surface area contributed by atoms with Crippen molar-refractivity contribution in [2.24, 2.45) is 0 Å². The molecule has 1 aliphatic rings. The molecule has 98 valence electrons. The highest BCUT2D eigenvalue weighted by molar-refractivity contribution is 9.10. The third-order valence-corrected chi connectivity index (χ3v) is 4.70. The van der Waals surface area contributed by atoms with E-state index in [1.165, 1.54) is 22.4 Å². The van der Waals surface area contributed by atoms with Crippen LogP contribution in [0, 0.1) is 6.92 Å². The van der Waals surface area contributed by atoms with Crippen LogP contribution in [-0.2, 0) is 6.42 Å². The molecule has 19 heavy (non-hydrogen) atoms. The van der Waals surface area contributed by atoms with Gasteiger partial charge in [0.2, 0.25) is 0 Å². The van der Waals surface area contributed by atoms with Crippen molar-refractivity contribution in [3.05, 3.63) is 57.6 Å². The fraction of sp³-hybridized carbons (Fsp3) is 0.250. The minimum absolute atomic E-state index is 0.392. The maximum absolute atomic E-state index is 5.85. The van der Waals surface area contributed by atoms with Crippen LogP contribution in [0.2, 0.25) is 0 Å². The molecule has 2 nitrogen and oxygen atoms in total. The Morgan fingerprint density at radius 2 is 2.11 bits per heavy atom. The Morgan fingerprint density at radius 3 is 2.95 bits per heavy atom. The Hall–Kier alpha value is -1.48. The van der Waals surface area contributed by atoms with Crippen molar-refractivity contribution >= 4 is 27.3 Å². The van der Waals surface area contributed by atoms with Gasteiger partial charge in [0.25, 0.3) is 0 Å². The zero-order valence-electron chi connectivity index (χ0n) is 10.9. The van der Waals surface area contributed by atoms with Gasteiger partial charge in [-0.05, 0) is 60.7 Å². The number of halogens is 1. The van der Waals surface area contributed by atoms with Crippen molar-refractivity contribution < 1.29 is 0 Å². The Balaban J connectivity index is 1.89. The van der Waals surface area contributed by atoms with Crippen molar-refractivity contribution in [2.75, 3.05) is 11.1 Å². The number of aryl methyl sites for hydroxylation is 1. The summed E-state index contributed by atoms with van der Waals surface area (Å²) in [6, 6.07) is 12.9. The van der Waals surface area contributed by atoms with Gasteiger partial charge in [0, 0.05) is 15.8 Å². The van der Waals surface area contributed by atoms with Crippen LogP contribution in [0.25, 0.3) is 0 Å². The summed E-state index contributed by atoms with van der Waals surface area (Å²) in [7, 11) is 0. The van der Waals surface area contributed by atoms with Gasteiger partial charge in [-0.3, -0.25) is 0 Å². The lowest BCUT2D eigenvalue weighted by molar-refractivity contribution is 0.761. The number of nitrogen functional groups attached to an aromatic ring is 1. The molecule has 2 aromatic carbocycles. The second-order valence-electron chi connectivity index (χ2n) is 5.11. The largest absolute Gasteiger partial charge is 0.399 e. The van der Waals surface area contributed by atoms with Crippen LogP contribution >= 0.6 is 15.9 Å². The Kier molecular flexibility index (Phi) is 3.23. The van der Waals surface area contributed by atoms with Gasteiger partial charge in [-0.25, -0.2) is 0 Å². The molecule has 1 atom stereocenters. The van der Waals surface area contributed by atoms with Gasteiger partial charge in [0.05, 0.1) is 6.04 Å². The second-order valence-corrected chi connectivity index (χ2v) is 5.96. The van der Waals surface area contributed by atoms with Crippen molar-refractivity contribution in [3.8, 4) is 0 Å². The van der Waals surface area contributed by atoms with Crippen molar-refractivity contribution in [1.82, 2.24) is 0 Å². The molecule has 2 aromatic rings. The second kappa shape index (κ2) is 4.89. The molecule has 3 rings (SSSR count). The van der Waals surface area contributed by atoms with Crippen LogP contribution in [0.15, 0.2) is 40.9 Å². The molecule has 0 saturated heterocycles. The number of nitrogens with two attached hydrogens (primary N) is 1. The van der Waals surface area contributed by atoms with Gasteiger partial charge in [-0.2, -0.15) is 0 Å². The van der Waals surface area contributed by atoms with Gasteiger partial charge < -0.3 is 11.1 Å². The zero-order valence-corrected chi connectivity index (χ0v) is 12.5. The van der Waals surface area contributed by atoms with Crippen molar-refractivity contribution in [1.29, 1.82) is 0 Å². The molecular formula is C16H17BrN2. The standard InChI is InChI=1S/C16H17BrN2/c1-10-14(17)3-2-4-15(10)19-16-8-5-11-9-12(18)6-7-13(11)16/h2-4,6-7,9,16,19H,5,8,18H2,1H3. The minimum Gasteiger partial charge on any atom is -0.399 e. The molecular weight excluding hydrogens is 300 g/mol. The molecule has 3 heteroatoms. The fourth-order valence-corrected chi connectivity index (χ4v) is 3.11. The summed E-state index contributed by atoms with van der Waals surface area (Å²) in [5.41, 5.74) is 11.9. The number of rotatable bonds is 2. The number of hydrogen-bond donors (Lipinski definition) is 2. The van der Waals surface area contributed by atoms with E-state index < -0.39 is 0 Å². The van der Waals surface area contributed by atoms with Gasteiger partial charge in [-0.15, -0.1) is 0 Å². The van der Waals surface area contributed by atoms with E-state index in [1.54, 1.807) is 0 Å². The van der Waals surface area contributed by atoms with E-state index in [0.29, 0.717) is 6.04 Å². The number of nitrogens with one attached hydrogen (secondary N) is 1. The summed E-state index contributed by atoms with van der Waals surface area (Å²) in [6.07, 6.45) is 2.23. The van der Waals surface area contributed by atoms with Crippen LogP contribution in [0.3, 0.4) is 0 Å². The van der Waals surface area contributed by atoms with Crippen LogP contribution in [-0.4, -0.2) is 0 Å². The summed E-state index contributed by atoms with van der Waals surface area (Å²) in [5, 5.41) is 3.65. The lowest BCUT2D eigenvalue weighted by atomic mass is 10.1. The summed E-state index contributed by atoms with van der Waals surface area (Å²) in [4.78, 5) is 0. The first kappa shape index (κ1) is 12.5. The first-order valence-electron chi connectivity index (χ1n) is 6.55. The number of benzene rings is 2. The summed E-state index contributed by atoms with van der Waals surface area (Å²) in [5.74, 6) is 0. The number of hydrogen-bond acceptors (Lipinski definition) is 2. The van der Waals surface area contributed by atoms with Gasteiger partial charge >= 0.3 is 0 Å². The highest BCUT2D eigenvalue weighted by atomic mass is 79.9. The molecule has 0 saturated carbocycles. The van der Waals surface area contributed by atoms with Crippen molar-refractivity contribution in [2.45, 2.75) is 25.8 Å². The Labute approximate surface area is 122 Å². The van der Waals surface area contributed by atoms with E-state index in [1.807, 2.05) is 6.07 Å². The molecule has 0 fully saturated rings. The molecule has 3 N–H and O–H groups in total. The van der Waals surface area contributed by atoms with Crippen LogP contribution < -0.4 is 11.1 Å². The van der Waals surface area contributed by atoms with E-state index in [2.05, 4.69) is 58.5 Å². The first-order valence-corrected chi connectivity index (χ1v) is 7.34. The maximum atomic E-state index is 5.85. The van der Waals surface area contributed by atoms with E-state index in [0.717, 1.165) is 23.0 Å². The van der Waals surface area contributed by atoms with Crippen molar-refractivity contribution in [3.63, 3.8) is 0 Å². The lowest BCUT2D eigenvalue weighted by Gasteiger charge is -2.18. The smallest absolute Gasteiger partial charge is 0.0519 e. The summed E-state index contributed by atoms with van der Waals surface area (Å²) >= 11 is 3.58. The summed E-state index contributed by atoms with van der Waals surface area (Å²) in [6.45, 7) is 2.13. The SMILES string of the molecule is Cc1c(Br)cccc1NC1CCc2cc(N)ccc21. The number of fused-ring (bicyclic) bond motifs is 1. The Morgan fingerprint density at radius 1 is 1.26 bits per heavy atom. The molecule has 0 amide bonds. The molecule has 0 radical (unpaired) electrons. The van der Waals surface area contributed by atoms with Crippen LogP contribution in [0.4, 0.5) is 11.4 Å². The average Bonchev–Trinajstić information content (AvgIpc) is 2.77. The highest BCUT2D eigenvalue weighted by Crippen LogP contribution is 2.36. The predicted octanol–water partition coefficient (Wildman–Crippen LogP) is 4.44. The van der Waals surface area contributed by atoms with Crippen LogP contribution in [0.1, 0.15) is 29.2 Å². The fourth-order valence-electron chi connectivity index (χ4n) is 2.74. The van der Waals surface area contributed by atoms with Gasteiger partial charge in [-0.1, -0.05) is 28.1 Å². The predicted molar refractivity (Wildman–Crippen MR) is 84.4 cm³/mol.